The van der Waals surface area contributed by atoms with Crippen molar-refractivity contribution in [2.24, 2.45) is 5.10 Å². The number of benzene rings is 2. The van der Waals surface area contributed by atoms with Crippen molar-refractivity contribution in [1.29, 1.82) is 0 Å². The highest BCUT2D eigenvalue weighted by Gasteiger charge is 2.13. The summed E-state index contributed by atoms with van der Waals surface area (Å²) in [5.41, 5.74) is 3.36. The summed E-state index contributed by atoms with van der Waals surface area (Å²) in [6, 6.07) is 16.9. The van der Waals surface area contributed by atoms with Gasteiger partial charge < -0.3 is 10.1 Å². The highest BCUT2D eigenvalue weighted by Crippen LogP contribution is 2.22. The lowest BCUT2D eigenvalue weighted by molar-refractivity contribution is -0.123. The predicted octanol–water partition coefficient (Wildman–Crippen LogP) is 3.22. The number of hydrazone groups is 1. The molecule has 0 heterocycles. The largest absolute Gasteiger partial charge is 0.484 e. The molecule has 2 aromatic carbocycles. The summed E-state index contributed by atoms with van der Waals surface area (Å²) < 4.78 is 5.43. The first kappa shape index (κ1) is 21.5. The lowest BCUT2D eigenvalue weighted by Gasteiger charge is -2.10. The van der Waals surface area contributed by atoms with Crippen LogP contribution in [0.5, 0.6) is 5.75 Å². The third kappa shape index (κ3) is 7.84. The summed E-state index contributed by atoms with van der Waals surface area (Å²) in [6.45, 7) is 5.60. The zero-order chi connectivity index (χ0) is 20.4. The van der Waals surface area contributed by atoms with Crippen molar-refractivity contribution >= 4 is 29.8 Å². The average Bonchev–Trinajstić information content (AvgIpc) is 2.67. The molecule has 7 heteroatoms. The van der Waals surface area contributed by atoms with Crippen LogP contribution in [-0.2, 0) is 9.59 Å². The molecule has 0 aromatic heterocycles. The van der Waals surface area contributed by atoms with Crippen LogP contribution < -0.4 is 15.5 Å². The molecular formula is C21H25N3O3S. The first-order chi connectivity index (χ1) is 13.4. The maximum atomic E-state index is 12.1. The van der Waals surface area contributed by atoms with Gasteiger partial charge in [-0.2, -0.15) is 5.10 Å². The number of thioether (sulfide) groups is 1. The Morgan fingerprint density at radius 3 is 2.39 bits per heavy atom. The first-order valence-electron chi connectivity index (χ1n) is 9.01. The van der Waals surface area contributed by atoms with Crippen molar-refractivity contribution in [1.82, 2.24) is 10.7 Å². The van der Waals surface area contributed by atoms with Crippen LogP contribution in [0.1, 0.15) is 26.3 Å². The zero-order valence-corrected chi connectivity index (χ0v) is 17.0. The van der Waals surface area contributed by atoms with E-state index in [9.17, 15) is 9.59 Å². The Hall–Kier alpha value is -2.80. The molecule has 0 unspecified atom stereocenters. The standard InChI is InChI=1S/C21H25N3O3S/c1-15(2)23-20(25)14-27-18-11-9-17(10-12-18)13-22-24-21(26)16(3)28-19-7-5-4-6-8-19/h4-13,15-16H,14H2,1-3H3,(H,23,25)(H,24,26)/b22-13-/t16-/m1/s1. The Labute approximate surface area is 169 Å². The molecule has 2 rings (SSSR count). The van der Waals surface area contributed by atoms with Crippen LogP contribution in [0.3, 0.4) is 0 Å². The Bertz CT molecular complexity index is 792. The number of ether oxygens (including phenoxy) is 1. The number of hydrogen-bond donors (Lipinski definition) is 2. The molecule has 2 amide bonds. The molecule has 2 aromatic rings. The van der Waals surface area contributed by atoms with Gasteiger partial charge in [-0.3, -0.25) is 9.59 Å². The fourth-order valence-electron chi connectivity index (χ4n) is 2.18. The van der Waals surface area contributed by atoms with Gasteiger partial charge >= 0.3 is 0 Å². The number of rotatable bonds is 9. The maximum Gasteiger partial charge on any atom is 0.258 e. The molecule has 0 radical (unpaired) electrons. The zero-order valence-electron chi connectivity index (χ0n) is 16.2. The van der Waals surface area contributed by atoms with Crippen LogP contribution in [0.25, 0.3) is 0 Å². The molecule has 0 aliphatic rings. The second-order valence-electron chi connectivity index (χ2n) is 6.39. The van der Waals surface area contributed by atoms with Gasteiger partial charge in [0.05, 0.1) is 11.5 Å². The highest BCUT2D eigenvalue weighted by atomic mass is 32.2. The van der Waals surface area contributed by atoms with Crippen molar-refractivity contribution < 1.29 is 14.3 Å². The summed E-state index contributed by atoms with van der Waals surface area (Å²) in [6.07, 6.45) is 1.56. The molecule has 1 atom stereocenters. The lowest BCUT2D eigenvalue weighted by atomic mass is 10.2. The molecule has 28 heavy (non-hydrogen) atoms. The molecular weight excluding hydrogens is 374 g/mol. The number of amides is 2. The molecule has 6 nitrogen and oxygen atoms in total. The van der Waals surface area contributed by atoms with E-state index in [4.69, 9.17) is 4.74 Å². The molecule has 0 spiro atoms. The number of carbonyl (C=O) groups is 2. The minimum absolute atomic E-state index is 0.0291. The van der Waals surface area contributed by atoms with Crippen molar-refractivity contribution in [2.45, 2.75) is 37.0 Å². The van der Waals surface area contributed by atoms with Crippen molar-refractivity contribution in [3.8, 4) is 5.75 Å². The molecule has 0 fully saturated rings. The van der Waals surface area contributed by atoms with E-state index in [-0.39, 0.29) is 29.7 Å². The summed E-state index contributed by atoms with van der Waals surface area (Å²) in [7, 11) is 0. The number of hydrogen-bond acceptors (Lipinski definition) is 5. The third-order valence-electron chi connectivity index (χ3n) is 3.51. The van der Waals surface area contributed by atoms with Crippen LogP contribution >= 0.6 is 11.8 Å². The second-order valence-corrected chi connectivity index (χ2v) is 7.80. The topological polar surface area (TPSA) is 79.8 Å². The van der Waals surface area contributed by atoms with Gasteiger partial charge in [0.15, 0.2) is 6.61 Å². The van der Waals surface area contributed by atoms with E-state index in [2.05, 4.69) is 15.8 Å². The summed E-state index contributed by atoms with van der Waals surface area (Å²) in [4.78, 5) is 24.7. The molecule has 0 saturated carbocycles. The fraction of sp³-hybridized carbons (Fsp3) is 0.286. The quantitative estimate of drug-likeness (QED) is 0.385. The fourth-order valence-corrected chi connectivity index (χ4v) is 3.06. The van der Waals surface area contributed by atoms with Crippen molar-refractivity contribution in [2.75, 3.05) is 6.61 Å². The second kappa shape index (κ2) is 11.1. The van der Waals surface area contributed by atoms with Crippen LogP contribution in [-0.4, -0.2) is 35.9 Å². The normalized spacial score (nSPS) is 12.0. The number of nitrogens with zero attached hydrogens (tertiary/aromatic N) is 1. The summed E-state index contributed by atoms with van der Waals surface area (Å²) in [5, 5.41) is 6.50. The van der Waals surface area contributed by atoms with Crippen LogP contribution in [0.4, 0.5) is 0 Å². The Kier molecular flexibility index (Phi) is 8.55. The molecule has 148 valence electrons. The number of carbonyl (C=O) groups excluding carboxylic acids is 2. The Balaban J connectivity index is 1.77. The number of nitrogens with one attached hydrogen (secondary N) is 2. The van der Waals surface area contributed by atoms with Gasteiger partial charge in [0.2, 0.25) is 0 Å². The first-order valence-corrected chi connectivity index (χ1v) is 9.89. The summed E-state index contributed by atoms with van der Waals surface area (Å²) >= 11 is 1.48. The van der Waals surface area contributed by atoms with Gasteiger partial charge in [-0.15, -0.1) is 11.8 Å². The molecule has 0 aliphatic carbocycles. The van der Waals surface area contributed by atoms with Crippen molar-refractivity contribution in [3.63, 3.8) is 0 Å². The third-order valence-corrected chi connectivity index (χ3v) is 4.63. The van der Waals surface area contributed by atoms with E-state index in [1.54, 1.807) is 30.5 Å². The van der Waals surface area contributed by atoms with E-state index < -0.39 is 0 Å². The van der Waals surface area contributed by atoms with Crippen LogP contribution in [0.15, 0.2) is 64.6 Å². The Morgan fingerprint density at radius 2 is 1.75 bits per heavy atom. The van der Waals surface area contributed by atoms with Gasteiger partial charge in [0, 0.05) is 10.9 Å². The Morgan fingerprint density at radius 1 is 1.07 bits per heavy atom. The van der Waals surface area contributed by atoms with E-state index in [0.717, 1.165) is 10.5 Å². The van der Waals surface area contributed by atoms with E-state index in [0.29, 0.717) is 5.75 Å². The summed E-state index contributed by atoms with van der Waals surface area (Å²) in [5.74, 6) is 0.264. The van der Waals surface area contributed by atoms with E-state index >= 15 is 0 Å². The van der Waals surface area contributed by atoms with Gasteiger partial charge in [0.25, 0.3) is 11.8 Å². The minimum Gasteiger partial charge on any atom is -0.484 e. The maximum absolute atomic E-state index is 12.1. The van der Waals surface area contributed by atoms with Gasteiger partial charge in [-0.25, -0.2) is 5.43 Å². The molecule has 2 N–H and O–H groups in total. The van der Waals surface area contributed by atoms with Gasteiger partial charge in [-0.05, 0) is 62.7 Å². The van der Waals surface area contributed by atoms with Crippen LogP contribution in [0, 0.1) is 0 Å². The lowest BCUT2D eigenvalue weighted by Crippen LogP contribution is -2.34. The molecule has 0 aliphatic heterocycles. The van der Waals surface area contributed by atoms with Crippen LogP contribution in [0.2, 0.25) is 0 Å². The smallest absolute Gasteiger partial charge is 0.258 e. The predicted molar refractivity (Wildman–Crippen MR) is 113 cm³/mol. The highest BCUT2D eigenvalue weighted by molar-refractivity contribution is 8.00. The van der Waals surface area contributed by atoms with E-state index in [1.165, 1.54) is 11.8 Å². The van der Waals surface area contributed by atoms with Gasteiger partial charge in [-0.1, -0.05) is 18.2 Å². The average molecular weight is 400 g/mol. The molecule has 0 saturated heterocycles. The van der Waals surface area contributed by atoms with Crippen molar-refractivity contribution in [3.05, 3.63) is 60.2 Å². The van der Waals surface area contributed by atoms with Gasteiger partial charge in [0.1, 0.15) is 5.75 Å². The SMILES string of the molecule is CC(C)NC(=O)COc1ccc(/C=N\NC(=O)[C@@H](C)Sc2ccccc2)cc1. The molecule has 0 bridgehead atoms. The van der Waals surface area contributed by atoms with E-state index in [1.807, 2.05) is 51.1 Å². The minimum atomic E-state index is -0.257. The monoisotopic (exact) mass is 399 g/mol.